The Labute approximate surface area is 201 Å². The Bertz CT molecular complexity index is 1320. The molecule has 174 valence electrons. The molecule has 1 fully saturated rings. The highest BCUT2D eigenvalue weighted by Crippen LogP contribution is 2.25. The zero-order valence-corrected chi connectivity index (χ0v) is 19.5. The number of carbonyl (C=O) groups excluding carboxylic acids is 1. The Balaban J connectivity index is 1.20. The first-order valence-corrected chi connectivity index (χ1v) is 11.5. The summed E-state index contributed by atoms with van der Waals surface area (Å²) >= 11 is 6.51. The molecule has 7 nitrogen and oxygen atoms in total. The van der Waals surface area contributed by atoms with E-state index in [-0.39, 0.29) is 11.7 Å². The Hall–Kier alpha value is -3.49. The van der Waals surface area contributed by atoms with Crippen molar-refractivity contribution in [1.29, 1.82) is 0 Å². The van der Waals surface area contributed by atoms with Gasteiger partial charge < -0.3 is 9.30 Å². The number of imidazole rings is 1. The van der Waals surface area contributed by atoms with Gasteiger partial charge in [0.05, 0.1) is 17.1 Å². The Morgan fingerprint density at radius 1 is 1.12 bits per heavy atom. The third kappa shape index (κ3) is 4.60. The number of benzene rings is 1. The molecule has 34 heavy (non-hydrogen) atoms. The van der Waals surface area contributed by atoms with Gasteiger partial charge in [-0.05, 0) is 49.4 Å². The largest absolute Gasteiger partial charge is 0.337 e. The fourth-order valence-electron chi connectivity index (χ4n) is 4.13. The lowest BCUT2D eigenvalue weighted by Crippen LogP contribution is -2.47. The zero-order chi connectivity index (χ0) is 23.7. The van der Waals surface area contributed by atoms with Crippen molar-refractivity contribution in [2.24, 2.45) is 0 Å². The van der Waals surface area contributed by atoms with Crippen LogP contribution in [0.2, 0.25) is 5.15 Å². The van der Waals surface area contributed by atoms with E-state index in [4.69, 9.17) is 11.6 Å². The van der Waals surface area contributed by atoms with Crippen LogP contribution in [0, 0.1) is 12.7 Å². The molecule has 3 aromatic heterocycles. The topological polar surface area (TPSA) is 58.7 Å². The van der Waals surface area contributed by atoms with Crippen LogP contribution in [0.15, 0.2) is 60.9 Å². The molecule has 0 spiro atoms. The zero-order valence-electron chi connectivity index (χ0n) is 18.7. The van der Waals surface area contributed by atoms with Crippen molar-refractivity contribution in [3.63, 3.8) is 0 Å². The molecule has 1 aliphatic heterocycles. The first-order chi connectivity index (χ1) is 16.5. The number of carbonyl (C=O) groups is 1. The summed E-state index contributed by atoms with van der Waals surface area (Å²) in [5.41, 5.74) is 3.98. The number of aromatic nitrogens is 4. The number of fused-ring (bicyclic) bond motifs is 1. The maximum Gasteiger partial charge on any atom is 0.246 e. The summed E-state index contributed by atoms with van der Waals surface area (Å²) in [7, 11) is 0. The summed E-state index contributed by atoms with van der Waals surface area (Å²) in [6.07, 6.45) is 7.29. The molecule has 9 heteroatoms. The average molecular weight is 479 g/mol. The predicted octanol–water partition coefficient (Wildman–Crippen LogP) is 3.98. The van der Waals surface area contributed by atoms with Gasteiger partial charge in [0.1, 0.15) is 16.6 Å². The van der Waals surface area contributed by atoms with E-state index in [0.717, 1.165) is 31.0 Å². The van der Waals surface area contributed by atoms with Crippen molar-refractivity contribution in [3.8, 4) is 5.69 Å². The lowest BCUT2D eigenvalue weighted by atomic mass is 10.2. The van der Waals surface area contributed by atoms with Gasteiger partial charge in [0.25, 0.3) is 0 Å². The third-order valence-electron chi connectivity index (χ3n) is 6.00. The molecule has 1 aliphatic rings. The fourth-order valence-corrected chi connectivity index (χ4v) is 4.47. The van der Waals surface area contributed by atoms with Gasteiger partial charge >= 0.3 is 0 Å². The molecule has 0 saturated carbocycles. The van der Waals surface area contributed by atoms with E-state index in [1.54, 1.807) is 29.0 Å². The first-order valence-electron chi connectivity index (χ1n) is 11.1. The van der Waals surface area contributed by atoms with Gasteiger partial charge in [0.2, 0.25) is 5.91 Å². The van der Waals surface area contributed by atoms with Crippen LogP contribution in [0.1, 0.15) is 17.0 Å². The van der Waals surface area contributed by atoms with Crippen LogP contribution < -0.4 is 0 Å². The molecule has 0 aliphatic carbocycles. The molecule has 1 saturated heterocycles. The van der Waals surface area contributed by atoms with Crippen LogP contribution in [0.4, 0.5) is 4.39 Å². The van der Waals surface area contributed by atoms with Crippen LogP contribution in [-0.4, -0.2) is 61.1 Å². The number of amides is 1. The normalized spacial score (nSPS) is 15.0. The minimum Gasteiger partial charge on any atom is -0.337 e. The molecule has 1 aromatic carbocycles. The molecule has 4 heterocycles. The molecule has 0 bridgehead atoms. The number of piperazine rings is 1. The van der Waals surface area contributed by atoms with E-state index in [9.17, 15) is 9.18 Å². The Morgan fingerprint density at radius 3 is 2.62 bits per heavy atom. The van der Waals surface area contributed by atoms with E-state index in [1.165, 1.54) is 12.1 Å². The smallest absolute Gasteiger partial charge is 0.246 e. The molecule has 5 rings (SSSR count). The average Bonchev–Trinajstić information content (AvgIpc) is 3.38. The van der Waals surface area contributed by atoms with Crippen molar-refractivity contribution in [3.05, 3.63) is 88.9 Å². The minimum atomic E-state index is -0.326. The summed E-state index contributed by atoms with van der Waals surface area (Å²) < 4.78 is 16.8. The minimum absolute atomic E-state index is 0.0580. The second-order valence-electron chi connectivity index (χ2n) is 8.31. The van der Waals surface area contributed by atoms with Gasteiger partial charge in [-0.3, -0.25) is 9.69 Å². The number of halogens is 2. The Morgan fingerprint density at radius 2 is 1.88 bits per heavy atom. The van der Waals surface area contributed by atoms with E-state index < -0.39 is 0 Å². The highest BCUT2D eigenvalue weighted by Gasteiger charge is 2.21. The molecular weight excluding hydrogens is 455 g/mol. The highest BCUT2D eigenvalue weighted by molar-refractivity contribution is 6.31. The summed E-state index contributed by atoms with van der Waals surface area (Å²) in [6, 6.07) is 11.9. The number of rotatable bonds is 5. The SMILES string of the molecule is Cc1nn(-c2ccc(F)cc2)c(Cl)c1/C=C/C(=O)N1CCN(Cc2cn3ccccc3n2)CC1. The molecular formula is C25H24ClFN6O. The van der Waals surface area contributed by atoms with Crippen LogP contribution in [0.5, 0.6) is 0 Å². The van der Waals surface area contributed by atoms with E-state index in [2.05, 4.69) is 15.0 Å². The standard InChI is InChI=1S/C25H24ClFN6O/c1-18-22(25(26)33(29-18)21-7-5-19(27)6-8-21)9-10-24(34)31-14-12-30(13-15-31)16-20-17-32-11-3-2-4-23(32)28-20/h2-11,17H,12-16H2,1H3/b10-9+. The third-order valence-corrected chi connectivity index (χ3v) is 6.36. The number of nitrogens with zero attached hydrogens (tertiary/aromatic N) is 6. The molecule has 0 radical (unpaired) electrons. The van der Waals surface area contributed by atoms with E-state index >= 15 is 0 Å². The van der Waals surface area contributed by atoms with Crippen molar-refractivity contribution < 1.29 is 9.18 Å². The predicted molar refractivity (Wildman–Crippen MR) is 129 cm³/mol. The molecule has 4 aromatic rings. The van der Waals surface area contributed by atoms with E-state index in [1.807, 2.05) is 46.8 Å². The van der Waals surface area contributed by atoms with Crippen molar-refractivity contribution in [2.45, 2.75) is 13.5 Å². The second-order valence-corrected chi connectivity index (χ2v) is 8.67. The van der Waals surface area contributed by atoms with Gasteiger partial charge in [-0.15, -0.1) is 0 Å². The summed E-state index contributed by atoms with van der Waals surface area (Å²) in [5, 5.41) is 4.82. The van der Waals surface area contributed by atoms with Crippen LogP contribution in [-0.2, 0) is 11.3 Å². The van der Waals surface area contributed by atoms with Crippen LogP contribution in [0.25, 0.3) is 17.4 Å². The number of aryl methyl sites for hydroxylation is 1. The maximum absolute atomic E-state index is 13.2. The fraction of sp³-hybridized carbons (Fsp3) is 0.240. The Kier molecular flexibility index (Phi) is 6.17. The number of hydrogen-bond donors (Lipinski definition) is 0. The van der Waals surface area contributed by atoms with Crippen molar-refractivity contribution in [2.75, 3.05) is 26.2 Å². The van der Waals surface area contributed by atoms with Gasteiger partial charge in [0, 0.05) is 56.8 Å². The van der Waals surface area contributed by atoms with Gasteiger partial charge in [-0.2, -0.15) is 5.10 Å². The van der Waals surface area contributed by atoms with Gasteiger partial charge in [0.15, 0.2) is 0 Å². The van der Waals surface area contributed by atoms with Crippen molar-refractivity contribution >= 4 is 29.2 Å². The first kappa shape index (κ1) is 22.3. The van der Waals surface area contributed by atoms with Crippen LogP contribution >= 0.6 is 11.6 Å². The lowest BCUT2D eigenvalue weighted by Gasteiger charge is -2.33. The second kappa shape index (κ2) is 9.40. The van der Waals surface area contributed by atoms with Gasteiger partial charge in [-0.25, -0.2) is 14.1 Å². The molecule has 0 N–H and O–H groups in total. The van der Waals surface area contributed by atoms with Gasteiger partial charge in [-0.1, -0.05) is 17.7 Å². The van der Waals surface area contributed by atoms with Crippen molar-refractivity contribution in [1.82, 2.24) is 29.0 Å². The summed E-state index contributed by atoms with van der Waals surface area (Å²) in [4.78, 5) is 21.6. The summed E-state index contributed by atoms with van der Waals surface area (Å²) in [6.45, 7) is 5.47. The van der Waals surface area contributed by atoms with Crippen LogP contribution in [0.3, 0.4) is 0 Å². The monoisotopic (exact) mass is 478 g/mol. The number of hydrogen-bond acceptors (Lipinski definition) is 4. The maximum atomic E-state index is 13.2. The lowest BCUT2D eigenvalue weighted by molar-refractivity contribution is -0.127. The van der Waals surface area contributed by atoms with E-state index in [0.29, 0.717) is 35.2 Å². The number of pyridine rings is 1. The summed E-state index contributed by atoms with van der Waals surface area (Å²) in [5.74, 6) is -0.384. The molecule has 0 atom stereocenters. The molecule has 1 amide bonds. The quantitative estimate of drug-likeness (QED) is 0.407. The molecule has 0 unspecified atom stereocenters. The highest BCUT2D eigenvalue weighted by atomic mass is 35.5.